The SMILES string of the molecule is O[C@@H](CN1CCC[C@H](Cn2cncn2)C1)c1ccc(F)cc1F. The van der Waals surface area contributed by atoms with Gasteiger partial charge >= 0.3 is 0 Å². The minimum absolute atomic E-state index is 0.143. The third-order valence-electron chi connectivity index (χ3n) is 4.27. The van der Waals surface area contributed by atoms with Crippen molar-refractivity contribution in [2.24, 2.45) is 5.92 Å². The number of aliphatic hydroxyl groups is 1. The van der Waals surface area contributed by atoms with Crippen LogP contribution in [-0.2, 0) is 6.54 Å². The molecule has 0 bridgehead atoms. The number of β-amino-alcohol motifs (C(OH)–C–C–N with tert-alkyl or cyclic N) is 1. The summed E-state index contributed by atoms with van der Waals surface area (Å²) in [5.41, 5.74) is 0.143. The topological polar surface area (TPSA) is 54.2 Å². The monoisotopic (exact) mass is 322 g/mol. The zero-order chi connectivity index (χ0) is 16.2. The molecule has 7 heteroatoms. The van der Waals surface area contributed by atoms with E-state index in [2.05, 4.69) is 15.0 Å². The molecule has 3 rings (SSSR count). The standard InChI is InChI=1S/C16H20F2N4O/c17-13-3-4-14(15(18)6-13)16(23)9-21-5-1-2-12(7-21)8-22-11-19-10-20-22/h3-4,6,10-12,16,23H,1-2,5,7-9H2/t12-,16-/m0/s1. The molecule has 0 amide bonds. The Morgan fingerprint density at radius 3 is 2.96 bits per heavy atom. The molecule has 0 aliphatic carbocycles. The summed E-state index contributed by atoms with van der Waals surface area (Å²) in [5, 5.41) is 14.4. The van der Waals surface area contributed by atoms with Crippen molar-refractivity contribution >= 4 is 0 Å². The van der Waals surface area contributed by atoms with Gasteiger partial charge in [0.15, 0.2) is 0 Å². The number of likely N-dealkylation sites (tertiary alicyclic amines) is 1. The quantitative estimate of drug-likeness (QED) is 0.915. The van der Waals surface area contributed by atoms with Crippen LogP contribution < -0.4 is 0 Å². The highest BCUT2D eigenvalue weighted by Crippen LogP contribution is 2.23. The van der Waals surface area contributed by atoms with E-state index in [9.17, 15) is 13.9 Å². The van der Waals surface area contributed by atoms with Gasteiger partial charge in [0.2, 0.25) is 0 Å². The van der Waals surface area contributed by atoms with Crippen molar-refractivity contribution in [3.05, 3.63) is 48.1 Å². The fraction of sp³-hybridized carbons (Fsp3) is 0.500. The van der Waals surface area contributed by atoms with E-state index in [0.29, 0.717) is 12.5 Å². The van der Waals surface area contributed by atoms with Crippen LogP contribution in [0.25, 0.3) is 0 Å². The molecule has 1 aliphatic heterocycles. The highest BCUT2D eigenvalue weighted by Gasteiger charge is 2.24. The minimum Gasteiger partial charge on any atom is -0.387 e. The average molecular weight is 322 g/mol. The van der Waals surface area contributed by atoms with E-state index < -0.39 is 17.7 Å². The summed E-state index contributed by atoms with van der Waals surface area (Å²) in [6.07, 6.45) is 4.37. The molecule has 1 aliphatic rings. The van der Waals surface area contributed by atoms with Crippen molar-refractivity contribution in [3.8, 4) is 0 Å². The molecule has 5 nitrogen and oxygen atoms in total. The summed E-state index contributed by atoms with van der Waals surface area (Å²) in [4.78, 5) is 6.06. The van der Waals surface area contributed by atoms with Gasteiger partial charge in [0.1, 0.15) is 24.3 Å². The van der Waals surface area contributed by atoms with Crippen molar-refractivity contribution in [1.29, 1.82) is 0 Å². The predicted molar refractivity (Wildman–Crippen MR) is 80.5 cm³/mol. The molecule has 0 saturated carbocycles. The van der Waals surface area contributed by atoms with E-state index in [4.69, 9.17) is 0 Å². The number of halogens is 2. The van der Waals surface area contributed by atoms with Crippen molar-refractivity contribution in [3.63, 3.8) is 0 Å². The average Bonchev–Trinajstić information content (AvgIpc) is 3.00. The lowest BCUT2D eigenvalue weighted by Crippen LogP contribution is -2.39. The highest BCUT2D eigenvalue weighted by molar-refractivity contribution is 5.21. The van der Waals surface area contributed by atoms with Gasteiger partial charge in [0.05, 0.1) is 6.10 Å². The van der Waals surface area contributed by atoms with Crippen molar-refractivity contribution in [2.75, 3.05) is 19.6 Å². The molecule has 1 fully saturated rings. The Bertz CT molecular complexity index is 635. The molecular weight excluding hydrogens is 302 g/mol. The first-order valence-corrected chi connectivity index (χ1v) is 7.79. The first kappa shape index (κ1) is 16.0. The summed E-state index contributed by atoms with van der Waals surface area (Å²) < 4.78 is 28.5. The van der Waals surface area contributed by atoms with E-state index >= 15 is 0 Å². The number of piperidine rings is 1. The van der Waals surface area contributed by atoms with Crippen LogP contribution in [0.15, 0.2) is 30.9 Å². The molecular formula is C16H20F2N4O. The Hall–Kier alpha value is -1.86. The van der Waals surface area contributed by atoms with Gasteiger partial charge in [-0.2, -0.15) is 5.10 Å². The number of benzene rings is 1. The van der Waals surface area contributed by atoms with Crippen LogP contribution in [-0.4, -0.2) is 44.4 Å². The maximum absolute atomic E-state index is 13.7. The normalized spacial score (nSPS) is 20.6. The van der Waals surface area contributed by atoms with Gasteiger partial charge in [-0.25, -0.2) is 13.8 Å². The summed E-state index contributed by atoms with van der Waals surface area (Å²) in [6, 6.07) is 3.29. The predicted octanol–water partition coefficient (Wildman–Crippen LogP) is 2.00. The van der Waals surface area contributed by atoms with E-state index in [1.54, 1.807) is 6.33 Å². The summed E-state index contributed by atoms with van der Waals surface area (Å²) in [7, 11) is 0. The fourth-order valence-electron chi connectivity index (χ4n) is 3.17. The van der Waals surface area contributed by atoms with Gasteiger partial charge in [-0.05, 0) is 31.4 Å². The Morgan fingerprint density at radius 1 is 1.35 bits per heavy atom. The zero-order valence-corrected chi connectivity index (χ0v) is 12.8. The number of rotatable bonds is 5. The Kier molecular flexibility index (Phi) is 4.97. The molecule has 0 radical (unpaired) electrons. The Morgan fingerprint density at radius 2 is 2.22 bits per heavy atom. The largest absolute Gasteiger partial charge is 0.387 e. The van der Waals surface area contributed by atoms with Gasteiger partial charge in [0.25, 0.3) is 0 Å². The molecule has 0 unspecified atom stereocenters. The second-order valence-electron chi connectivity index (χ2n) is 6.07. The third-order valence-corrected chi connectivity index (χ3v) is 4.27. The van der Waals surface area contributed by atoms with E-state index in [1.807, 2.05) is 4.68 Å². The lowest BCUT2D eigenvalue weighted by atomic mass is 9.97. The van der Waals surface area contributed by atoms with Crippen molar-refractivity contribution < 1.29 is 13.9 Å². The molecule has 23 heavy (non-hydrogen) atoms. The smallest absolute Gasteiger partial charge is 0.137 e. The van der Waals surface area contributed by atoms with E-state index in [0.717, 1.165) is 38.5 Å². The van der Waals surface area contributed by atoms with Crippen LogP contribution in [0.1, 0.15) is 24.5 Å². The maximum Gasteiger partial charge on any atom is 0.137 e. The van der Waals surface area contributed by atoms with Crippen LogP contribution >= 0.6 is 0 Å². The third kappa shape index (κ3) is 4.11. The number of nitrogens with zero attached hydrogens (tertiary/aromatic N) is 4. The summed E-state index contributed by atoms with van der Waals surface area (Å²) in [6.45, 7) is 2.82. The summed E-state index contributed by atoms with van der Waals surface area (Å²) >= 11 is 0. The van der Waals surface area contributed by atoms with Gasteiger partial charge in [0, 0.05) is 31.3 Å². The molecule has 1 aromatic carbocycles. The van der Waals surface area contributed by atoms with Gasteiger partial charge in [-0.15, -0.1) is 0 Å². The van der Waals surface area contributed by atoms with Crippen LogP contribution in [0, 0.1) is 17.6 Å². The van der Waals surface area contributed by atoms with Crippen LogP contribution in [0.2, 0.25) is 0 Å². The number of aliphatic hydroxyl groups excluding tert-OH is 1. The summed E-state index contributed by atoms with van der Waals surface area (Å²) in [5.74, 6) is -0.909. The Labute approximate surface area is 133 Å². The molecule has 2 heterocycles. The zero-order valence-electron chi connectivity index (χ0n) is 12.8. The first-order chi connectivity index (χ1) is 11.1. The van der Waals surface area contributed by atoms with E-state index in [-0.39, 0.29) is 5.56 Å². The molecule has 124 valence electrons. The first-order valence-electron chi connectivity index (χ1n) is 7.79. The second-order valence-corrected chi connectivity index (χ2v) is 6.07. The molecule has 0 spiro atoms. The lowest BCUT2D eigenvalue weighted by molar-refractivity contribution is 0.0779. The molecule has 1 saturated heterocycles. The fourth-order valence-corrected chi connectivity index (χ4v) is 3.17. The Balaban J connectivity index is 1.58. The van der Waals surface area contributed by atoms with Gasteiger partial charge < -0.3 is 10.0 Å². The van der Waals surface area contributed by atoms with Gasteiger partial charge in [-0.1, -0.05) is 6.07 Å². The second kappa shape index (κ2) is 7.14. The number of hydrogen-bond donors (Lipinski definition) is 1. The van der Waals surface area contributed by atoms with Crippen LogP contribution in [0.5, 0.6) is 0 Å². The molecule has 2 aromatic rings. The molecule has 2 atom stereocenters. The number of aromatic nitrogens is 3. The number of hydrogen-bond acceptors (Lipinski definition) is 4. The molecule has 1 N–H and O–H groups in total. The lowest BCUT2D eigenvalue weighted by Gasteiger charge is -2.33. The van der Waals surface area contributed by atoms with Crippen molar-refractivity contribution in [1.82, 2.24) is 19.7 Å². The molecule has 1 aromatic heterocycles. The van der Waals surface area contributed by atoms with Crippen LogP contribution in [0.3, 0.4) is 0 Å². The maximum atomic E-state index is 13.7. The minimum atomic E-state index is -0.958. The van der Waals surface area contributed by atoms with E-state index in [1.165, 1.54) is 18.5 Å². The van der Waals surface area contributed by atoms with Crippen molar-refractivity contribution in [2.45, 2.75) is 25.5 Å². The highest BCUT2D eigenvalue weighted by atomic mass is 19.1. The van der Waals surface area contributed by atoms with Gasteiger partial charge in [-0.3, -0.25) is 4.68 Å². The van der Waals surface area contributed by atoms with Crippen LogP contribution in [0.4, 0.5) is 8.78 Å².